The topological polar surface area (TPSA) is 237 Å². The summed E-state index contributed by atoms with van der Waals surface area (Å²) >= 11 is 0. The summed E-state index contributed by atoms with van der Waals surface area (Å²) < 4.78 is 68.3. The molecule has 0 heterocycles. The fourth-order valence-electron chi connectivity index (χ4n) is 11.0. The zero-order valence-electron chi connectivity index (χ0n) is 60.2. The normalized spacial score (nSPS) is 14.8. The van der Waals surface area contributed by atoms with Crippen LogP contribution in [0, 0.1) is 23.7 Å². The number of aliphatic hydroxyl groups excluding tert-OH is 1. The quantitative estimate of drug-likeness (QED) is 0.0222. The van der Waals surface area contributed by atoms with Gasteiger partial charge in [0.25, 0.3) is 0 Å². The first-order valence-electron chi connectivity index (χ1n) is 37.8. The van der Waals surface area contributed by atoms with E-state index >= 15 is 0 Å². The average Bonchev–Trinajstić information content (AvgIpc) is 2.26. The van der Waals surface area contributed by atoms with Crippen molar-refractivity contribution < 1.29 is 80.2 Å². The Bertz CT molecular complexity index is 1820. The highest BCUT2D eigenvalue weighted by atomic mass is 31.2. The van der Waals surface area contributed by atoms with Crippen LogP contribution in [0.25, 0.3) is 0 Å². The molecular formula is C73H142O17P2. The number of phosphoric ester groups is 2. The lowest BCUT2D eigenvalue weighted by atomic mass is 9.99. The third-order valence-electron chi connectivity index (χ3n) is 17.5. The summed E-state index contributed by atoms with van der Waals surface area (Å²) in [5, 5.41) is 10.6. The Morgan fingerprint density at radius 2 is 0.522 bits per heavy atom. The van der Waals surface area contributed by atoms with E-state index in [1.165, 1.54) is 154 Å². The molecule has 0 aliphatic rings. The first-order valence-corrected chi connectivity index (χ1v) is 40.8. The van der Waals surface area contributed by atoms with Crippen LogP contribution in [0.4, 0.5) is 0 Å². The fourth-order valence-corrected chi connectivity index (χ4v) is 12.5. The maximum Gasteiger partial charge on any atom is 0.472 e. The fraction of sp³-hybridized carbons (Fsp3) is 0.945. The first-order chi connectivity index (χ1) is 44.2. The second-order valence-electron chi connectivity index (χ2n) is 27.8. The van der Waals surface area contributed by atoms with E-state index in [1.807, 2.05) is 0 Å². The number of carbonyl (C=O) groups is 4. The predicted molar refractivity (Wildman–Crippen MR) is 372 cm³/mol. The third-order valence-corrected chi connectivity index (χ3v) is 19.4. The zero-order valence-corrected chi connectivity index (χ0v) is 62.0. The highest BCUT2D eigenvalue weighted by Gasteiger charge is 2.30. The third kappa shape index (κ3) is 64.1. The molecule has 0 bridgehead atoms. The lowest BCUT2D eigenvalue weighted by Crippen LogP contribution is -2.30. The van der Waals surface area contributed by atoms with Gasteiger partial charge in [0, 0.05) is 25.7 Å². The van der Waals surface area contributed by atoms with Gasteiger partial charge >= 0.3 is 39.5 Å². The molecule has 0 amide bonds. The Morgan fingerprint density at radius 1 is 0.304 bits per heavy atom. The van der Waals surface area contributed by atoms with E-state index in [0.29, 0.717) is 37.5 Å². The molecule has 7 atom stereocenters. The SMILES string of the molecule is CCC(C)CCCCCCCCCCCCCCCCCCCCC(=O)O[C@H](COC(=O)CCCCCCCCCC(C)C)COP(=O)(O)OC[C@@H](O)COP(=O)(O)OC[C@@H](COC(=O)CCCCCCCCC(C)CC)OC(=O)CCCCCCCCCC(C)C. The molecule has 19 heteroatoms. The molecule has 0 rings (SSSR count). The highest BCUT2D eigenvalue weighted by molar-refractivity contribution is 7.47. The van der Waals surface area contributed by atoms with Crippen molar-refractivity contribution in [2.45, 2.75) is 382 Å². The molecule has 0 aliphatic heterocycles. The summed E-state index contributed by atoms with van der Waals surface area (Å²) in [4.78, 5) is 72.5. The molecule has 0 spiro atoms. The van der Waals surface area contributed by atoms with Crippen LogP contribution in [0.1, 0.15) is 364 Å². The molecule has 0 aromatic rings. The number of carbonyl (C=O) groups excluding carboxylic acids is 4. The standard InChI is InChI=1S/C73H142O17P2/c1-9-65(7)51-43-35-27-21-19-17-15-13-11-12-14-16-18-20-22-28-39-47-55-72(77)89-68(59-83-70(75)53-45-37-29-23-25-33-41-49-63(3)4)61-87-91(79,80)85-57-67(74)58-86-92(81,82)88-62-69(90-73(78)56-48-40-30-24-26-34-42-50-64(5)6)60-84-71(76)54-46-38-32-31-36-44-52-66(8)10-2/h63-69,74H,9-62H2,1-8H3,(H,79,80)(H,81,82)/t65?,66?,67-,68-,69-/m1/s1. The molecule has 3 N–H and O–H groups in total. The van der Waals surface area contributed by atoms with Crippen molar-refractivity contribution in [3.05, 3.63) is 0 Å². The number of unbranched alkanes of at least 4 members (excludes halogenated alkanes) is 34. The first kappa shape index (κ1) is 90.1. The van der Waals surface area contributed by atoms with Crippen LogP contribution in [-0.2, 0) is 65.4 Å². The minimum atomic E-state index is -4.95. The van der Waals surface area contributed by atoms with E-state index in [9.17, 15) is 43.2 Å². The van der Waals surface area contributed by atoms with Gasteiger partial charge in [0.1, 0.15) is 19.3 Å². The molecule has 0 aromatic carbocycles. The second kappa shape index (κ2) is 62.6. The number of rotatable bonds is 70. The van der Waals surface area contributed by atoms with Crippen molar-refractivity contribution in [2.75, 3.05) is 39.6 Å². The number of phosphoric acid groups is 2. The van der Waals surface area contributed by atoms with E-state index in [2.05, 4.69) is 55.4 Å². The van der Waals surface area contributed by atoms with Crippen molar-refractivity contribution in [3.63, 3.8) is 0 Å². The van der Waals surface area contributed by atoms with Crippen LogP contribution >= 0.6 is 15.6 Å². The average molecular weight is 1350 g/mol. The zero-order chi connectivity index (χ0) is 68.2. The van der Waals surface area contributed by atoms with Crippen molar-refractivity contribution in [1.82, 2.24) is 0 Å². The van der Waals surface area contributed by atoms with Gasteiger partial charge in [0.15, 0.2) is 12.2 Å². The molecule has 92 heavy (non-hydrogen) atoms. The van der Waals surface area contributed by atoms with Gasteiger partial charge in [0.2, 0.25) is 0 Å². The minimum absolute atomic E-state index is 0.102. The van der Waals surface area contributed by atoms with Crippen LogP contribution in [0.2, 0.25) is 0 Å². The molecule has 0 saturated heterocycles. The van der Waals surface area contributed by atoms with E-state index in [0.717, 1.165) is 115 Å². The number of esters is 4. The lowest BCUT2D eigenvalue weighted by molar-refractivity contribution is -0.161. The maximum atomic E-state index is 13.0. The molecule has 0 radical (unpaired) electrons. The number of hydrogen-bond donors (Lipinski definition) is 3. The Kier molecular flexibility index (Phi) is 61.3. The Balaban J connectivity index is 5.15. The number of ether oxygens (including phenoxy) is 4. The minimum Gasteiger partial charge on any atom is -0.462 e. The van der Waals surface area contributed by atoms with Crippen molar-refractivity contribution >= 4 is 39.5 Å². The summed E-state index contributed by atoms with van der Waals surface area (Å²) in [5.41, 5.74) is 0. The largest absolute Gasteiger partial charge is 0.472 e. The van der Waals surface area contributed by atoms with E-state index in [4.69, 9.17) is 37.0 Å². The molecule has 4 unspecified atom stereocenters. The molecule has 0 fully saturated rings. The molecule has 0 saturated carbocycles. The van der Waals surface area contributed by atoms with Gasteiger partial charge < -0.3 is 33.8 Å². The van der Waals surface area contributed by atoms with Crippen molar-refractivity contribution in [1.29, 1.82) is 0 Å². The molecule has 0 aromatic heterocycles. The second-order valence-corrected chi connectivity index (χ2v) is 30.7. The summed E-state index contributed by atoms with van der Waals surface area (Å²) in [5.74, 6) is 0.871. The van der Waals surface area contributed by atoms with Gasteiger partial charge in [-0.2, -0.15) is 0 Å². The number of hydrogen-bond acceptors (Lipinski definition) is 15. The smallest absolute Gasteiger partial charge is 0.462 e. The maximum absolute atomic E-state index is 13.0. The Hall–Kier alpha value is -1.94. The van der Waals surface area contributed by atoms with Crippen LogP contribution in [0.3, 0.4) is 0 Å². The van der Waals surface area contributed by atoms with Crippen LogP contribution < -0.4 is 0 Å². The van der Waals surface area contributed by atoms with Gasteiger partial charge in [-0.05, 0) is 49.4 Å². The van der Waals surface area contributed by atoms with Gasteiger partial charge in [-0.3, -0.25) is 37.3 Å². The van der Waals surface area contributed by atoms with Gasteiger partial charge in [0.05, 0.1) is 26.4 Å². The molecule has 0 aliphatic carbocycles. The van der Waals surface area contributed by atoms with E-state index < -0.39 is 97.5 Å². The van der Waals surface area contributed by atoms with Crippen molar-refractivity contribution in [3.8, 4) is 0 Å². The highest BCUT2D eigenvalue weighted by Crippen LogP contribution is 2.45. The van der Waals surface area contributed by atoms with Gasteiger partial charge in [-0.15, -0.1) is 0 Å². The van der Waals surface area contributed by atoms with Crippen LogP contribution in [0.15, 0.2) is 0 Å². The summed E-state index contributed by atoms with van der Waals surface area (Å²) in [6.07, 6.45) is 46.2. The lowest BCUT2D eigenvalue weighted by Gasteiger charge is -2.21. The molecule has 546 valence electrons. The Morgan fingerprint density at radius 3 is 0.772 bits per heavy atom. The van der Waals surface area contributed by atoms with Crippen LogP contribution in [0.5, 0.6) is 0 Å². The number of aliphatic hydroxyl groups is 1. The van der Waals surface area contributed by atoms with Gasteiger partial charge in [-0.1, -0.05) is 312 Å². The van der Waals surface area contributed by atoms with Crippen molar-refractivity contribution in [2.24, 2.45) is 23.7 Å². The summed E-state index contributed by atoms with van der Waals surface area (Å²) in [6.45, 7) is 14.1. The van der Waals surface area contributed by atoms with E-state index in [1.54, 1.807) is 0 Å². The summed E-state index contributed by atoms with van der Waals surface area (Å²) in [6, 6.07) is 0. The van der Waals surface area contributed by atoms with Gasteiger partial charge in [-0.25, -0.2) is 9.13 Å². The monoisotopic (exact) mass is 1350 g/mol. The van der Waals surface area contributed by atoms with E-state index in [-0.39, 0.29) is 25.7 Å². The molecule has 17 nitrogen and oxygen atoms in total. The summed E-state index contributed by atoms with van der Waals surface area (Å²) in [7, 11) is -9.90. The predicted octanol–water partition coefficient (Wildman–Crippen LogP) is 20.9. The Labute approximate surface area is 562 Å². The molecular weight excluding hydrogens is 1210 g/mol. The van der Waals surface area contributed by atoms with Crippen LogP contribution in [-0.4, -0.2) is 96.7 Å².